The first-order valence-electron chi connectivity index (χ1n) is 7.66. The molecule has 3 aliphatic rings. The zero-order chi connectivity index (χ0) is 13.1. The molecular weight excluding hydrogens is 242 g/mol. The van der Waals surface area contributed by atoms with Crippen LogP contribution in [0.1, 0.15) is 19.3 Å². The molecule has 0 radical (unpaired) electrons. The summed E-state index contributed by atoms with van der Waals surface area (Å²) in [6.07, 6.45) is 3.85. The minimum atomic E-state index is 0.227. The molecule has 108 valence electrons. The van der Waals surface area contributed by atoms with Gasteiger partial charge in [0.2, 0.25) is 5.91 Å². The monoisotopic (exact) mass is 267 g/mol. The van der Waals surface area contributed by atoms with Crippen LogP contribution < -0.4 is 5.32 Å². The molecule has 3 saturated heterocycles. The Labute approximate surface area is 115 Å². The van der Waals surface area contributed by atoms with Crippen LogP contribution in [-0.2, 0) is 9.53 Å². The molecule has 2 unspecified atom stereocenters. The molecule has 5 nitrogen and oxygen atoms in total. The van der Waals surface area contributed by atoms with E-state index in [1.165, 1.54) is 12.8 Å². The molecule has 3 aliphatic heterocycles. The van der Waals surface area contributed by atoms with Crippen molar-refractivity contribution in [3.8, 4) is 0 Å². The summed E-state index contributed by atoms with van der Waals surface area (Å²) in [5.41, 5.74) is 0. The molecule has 3 fully saturated rings. The van der Waals surface area contributed by atoms with Gasteiger partial charge < -0.3 is 15.0 Å². The zero-order valence-electron chi connectivity index (χ0n) is 11.6. The van der Waals surface area contributed by atoms with Gasteiger partial charge in [0.1, 0.15) is 0 Å². The third-order valence-electron chi connectivity index (χ3n) is 4.58. The van der Waals surface area contributed by atoms with Crippen molar-refractivity contribution in [2.24, 2.45) is 5.92 Å². The van der Waals surface area contributed by atoms with Crippen molar-refractivity contribution >= 4 is 5.91 Å². The molecule has 0 bridgehead atoms. The Morgan fingerprint density at radius 1 is 1.21 bits per heavy atom. The van der Waals surface area contributed by atoms with E-state index in [1.807, 2.05) is 0 Å². The van der Waals surface area contributed by atoms with Gasteiger partial charge >= 0.3 is 0 Å². The maximum atomic E-state index is 12.3. The van der Waals surface area contributed by atoms with E-state index in [0.717, 1.165) is 58.8 Å². The van der Waals surface area contributed by atoms with Crippen molar-refractivity contribution in [2.45, 2.75) is 25.4 Å². The molecule has 1 N–H and O–H groups in total. The first-order chi connectivity index (χ1) is 9.33. The normalized spacial score (nSPS) is 32.9. The van der Waals surface area contributed by atoms with Gasteiger partial charge in [-0.1, -0.05) is 0 Å². The van der Waals surface area contributed by atoms with Crippen LogP contribution in [-0.4, -0.2) is 74.2 Å². The highest BCUT2D eigenvalue weighted by Crippen LogP contribution is 2.16. The first kappa shape index (κ1) is 13.3. The predicted molar refractivity (Wildman–Crippen MR) is 73.0 cm³/mol. The van der Waals surface area contributed by atoms with Gasteiger partial charge in [-0.05, 0) is 25.8 Å². The van der Waals surface area contributed by atoms with Crippen molar-refractivity contribution < 1.29 is 9.53 Å². The van der Waals surface area contributed by atoms with E-state index in [9.17, 15) is 4.79 Å². The van der Waals surface area contributed by atoms with Gasteiger partial charge in [0.25, 0.3) is 0 Å². The molecule has 0 aromatic carbocycles. The maximum Gasteiger partial charge on any atom is 0.227 e. The van der Waals surface area contributed by atoms with Crippen molar-refractivity contribution in [3.63, 3.8) is 0 Å². The number of rotatable bonds is 3. The third kappa shape index (κ3) is 3.27. The van der Waals surface area contributed by atoms with E-state index < -0.39 is 0 Å². The van der Waals surface area contributed by atoms with E-state index in [4.69, 9.17) is 4.74 Å². The topological polar surface area (TPSA) is 44.8 Å². The van der Waals surface area contributed by atoms with Gasteiger partial charge in [-0.2, -0.15) is 0 Å². The number of carbonyl (C=O) groups excluding carboxylic acids is 1. The summed E-state index contributed by atoms with van der Waals surface area (Å²) in [7, 11) is 0. The lowest BCUT2D eigenvalue weighted by atomic mass is 10.1. The fourth-order valence-corrected chi connectivity index (χ4v) is 3.35. The van der Waals surface area contributed by atoms with E-state index in [0.29, 0.717) is 12.0 Å². The minimum Gasteiger partial charge on any atom is -0.377 e. The molecule has 19 heavy (non-hydrogen) atoms. The van der Waals surface area contributed by atoms with Crippen LogP contribution in [0.15, 0.2) is 0 Å². The van der Waals surface area contributed by atoms with E-state index >= 15 is 0 Å². The summed E-state index contributed by atoms with van der Waals surface area (Å²) >= 11 is 0. The van der Waals surface area contributed by atoms with Gasteiger partial charge in [-0.15, -0.1) is 0 Å². The van der Waals surface area contributed by atoms with Crippen LogP contribution in [0.2, 0.25) is 0 Å². The minimum absolute atomic E-state index is 0.227. The predicted octanol–water partition coefficient (Wildman–Crippen LogP) is -0.0809. The number of hydrogen-bond donors (Lipinski definition) is 1. The molecule has 0 aliphatic carbocycles. The van der Waals surface area contributed by atoms with Crippen LogP contribution in [0, 0.1) is 5.92 Å². The first-order valence-corrected chi connectivity index (χ1v) is 7.66. The third-order valence-corrected chi connectivity index (χ3v) is 4.58. The van der Waals surface area contributed by atoms with Gasteiger partial charge in [-0.3, -0.25) is 9.69 Å². The molecule has 0 aromatic heterocycles. The Hall–Kier alpha value is -0.650. The quantitative estimate of drug-likeness (QED) is 0.777. The highest BCUT2D eigenvalue weighted by molar-refractivity contribution is 5.79. The van der Waals surface area contributed by atoms with Crippen molar-refractivity contribution in [1.82, 2.24) is 15.1 Å². The lowest BCUT2D eigenvalue weighted by Crippen LogP contribution is -2.51. The number of amides is 1. The van der Waals surface area contributed by atoms with Crippen LogP contribution in [0.4, 0.5) is 0 Å². The van der Waals surface area contributed by atoms with Gasteiger partial charge in [0, 0.05) is 45.9 Å². The summed E-state index contributed by atoms with van der Waals surface area (Å²) in [6, 6.07) is 0. The van der Waals surface area contributed by atoms with Crippen LogP contribution >= 0.6 is 0 Å². The fraction of sp³-hybridized carbons (Fsp3) is 0.929. The van der Waals surface area contributed by atoms with E-state index in [2.05, 4.69) is 15.1 Å². The number of carbonyl (C=O) groups is 1. The van der Waals surface area contributed by atoms with Gasteiger partial charge in [0.05, 0.1) is 12.0 Å². The average molecular weight is 267 g/mol. The highest BCUT2D eigenvalue weighted by atomic mass is 16.5. The Morgan fingerprint density at radius 3 is 2.68 bits per heavy atom. The Balaban J connectivity index is 1.42. The second kappa shape index (κ2) is 6.20. The fourth-order valence-electron chi connectivity index (χ4n) is 3.35. The summed E-state index contributed by atoms with van der Waals surface area (Å²) in [5.74, 6) is 0.589. The van der Waals surface area contributed by atoms with Crippen molar-refractivity contribution in [3.05, 3.63) is 0 Å². The Bertz CT molecular complexity index is 304. The second-order valence-corrected chi connectivity index (χ2v) is 5.95. The van der Waals surface area contributed by atoms with Crippen LogP contribution in [0.5, 0.6) is 0 Å². The number of ether oxygens (including phenoxy) is 1. The summed E-state index contributed by atoms with van der Waals surface area (Å²) in [4.78, 5) is 16.8. The SMILES string of the molecule is O=C(C1CCNC1)N1CCN(CC2CCCO2)CC1. The van der Waals surface area contributed by atoms with E-state index in [1.54, 1.807) is 0 Å². The largest absolute Gasteiger partial charge is 0.377 e. The Kier molecular flexibility index (Phi) is 4.35. The maximum absolute atomic E-state index is 12.3. The zero-order valence-corrected chi connectivity index (χ0v) is 11.6. The van der Waals surface area contributed by atoms with Gasteiger partial charge in [-0.25, -0.2) is 0 Å². The Morgan fingerprint density at radius 2 is 2.05 bits per heavy atom. The summed E-state index contributed by atoms with van der Waals surface area (Å²) in [6.45, 7) is 7.64. The highest BCUT2D eigenvalue weighted by Gasteiger charge is 2.30. The molecule has 0 aromatic rings. The van der Waals surface area contributed by atoms with Gasteiger partial charge in [0.15, 0.2) is 0 Å². The average Bonchev–Trinajstić information content (AvgIpc) is 3.12. The van der Waals surface area contributed by atoms with E-state index in [-0.39, 0.29) is 5.92 Å². The standard InChI is InChI=1S/C14H25N3O2/c18-14(12-3-4-15-10-12)17-7-5-16(6-8-17)11-13-2-1-9-19-13/h12-13,15H,1-11H2. The smallest absolute Gasteiger partial charge is 0.227 e. The molecule has 3 rings (SSSR count). The number of hydrogen-bond acceptors (Lipinski definition) is 4. The second-order valence-electron chi connectivity index (χ2n) is 5.95. The van der Waals surface area contributed by atoms with Crippen molar-refractivity contribution in [2.75, 3.05) is 52.4 Å². The molecule has 2 atom stereocenters. The molecular formula is C14H25N3O2. The number of nitrogens with zero attached hydrogens (tertiary/aromatic N) is 2. The summed E-state index contributed by atoms with van der Waals surface area (Å²) < 4.78 is 5.68. The molecule has 0 saturated carbocycles. The molecule has 5 heteroatoms. The summed E-state index contributed by atoms with van der Waals surface area (Å²) in [5, 5.41) is 3.27. The lowest BCUT2D eigenvalue weighted by molar-refractivity contribution is -0.136. The number of piperazine rings is 1. The van der Waals surface area contributed by atoms with Crippen molar-refractivity contribution in [1.29, 1.82) is 0 Å². The lowest BCUT2D eigenvalue weighted by Gasteiger charge is -2.36. The van der Waals surface area contributed by atoms with Crippen LogP contribution in [0.3, 0.4) is 0 Å². The molecule has 0 spiro atoms. The number of nitrogens with one attached hydrogen (secondary N) is 1. The molecule has 3 heterocycles. The molecule has 1 amide bonds. The van der Waals surface area contributed by atoms with Crippen LogP contribution in [0.25, 0.3) is 0 Å².